The third-order valence-electron chi connectivity index (χ3n) is 9.91. The molecule has 0 unspecified atom stereocenters. The number of benzene rings is 7. The average molecular weight is 677 g/mol. The van der Waals surface area contributed by atoms with Gasteiger partial charge in [-0.3, -0.25) is 0 Å². The van der Waals surface area contributed by atoms with Crippen LogP contribution in [0.15, 0.2) is 154 Å². The molecule has 4 heterocycles. The van der Waals surface area contributed by atoms with Crippen LogP contribution in [0, 0.1) is 0 Å². The Kier molecular flexibility index (Phi) is 5.89. The van der Waals surface area contributed by atoms with Gasteiger partial charge in [-0.1, -0.05) is 97.1 Å². The summed E-state index contributed by atoms with van der Waals surface area (Å²) in [6.45, 7) is 0. The Morgan fingerprint density at radius 1 is 0.380 bits per heavy atom. The van der Waals surface area contributed by atoms with Crippen molar-refractivity contribution in [3.8, 4) is 33.6 Å². The number of hydrogen-bond acceptors (Lipinski definition) is 5. The Labute approximate surface area is 293 Å². The molecule has 7 aromatic carbocycles. The highest BCUT2D eigenvalue weighted by Gasteiger charge is 2.26. The Morgan fingerprint density at radius 2 is 0.720 bits per heavy atom. The summed E-state index contributed by atoms with van der Waals surface area (Å²) in [7, 11) is 0. The van der Waals surface area contributed by atoms with E-state index >= 15 is 0 Å². The maximum Gasteiger partial charge on any atom is 0.115 e. The number of rotatable bonds is 4. The minimum atomic E-state index is 0.848. The van der Waals surface area contributed by atoms with Crippen molar-refractivity contribution >= 4 is 89.1 Å². The summed E-state index contributed by atoms with van der Waals surface area (Å²) in [5.74, 6) is 0. The highest BCUT2D eigenvalue weighted by molar-refractivity contribution is 7.58. The van der Waals surface area contributed by atoms with Crippen molar-refractivity contribution in [2.45, 2.75) is 0 Å². The summed E-state index contributed by atoms with van der Waals surface area (Å²) in [5.41, 5.74) is 14.4. The molecule has 1 aliphatic rings. The topological polar surface area (TPSA) is 60.4 Å². The Balaban J connectivity index is 1.04. The van der Waals surface area contributed by atoms with Crippen LogP contribution in [0.1, 0.15) is 0 Å². The lowest BCUT2D eigenvalue weighted by atomic mass is 9.93. The molecule has 0 radical (unpaired) electrons. The zero-order valence-corrected chi connectivity index (χ0v) is 28.0. The van der Waals surface area contributed by atoms with Gasteiger partial charge in [0.2, 0.25) is 0 Å². The van der Waals surface area contributed by atoms with Gasteiger partial charge < -0.3 is 9.13 Å². The molecule has 50 heavy (non-hydrogen) atoms. The van der Waals surface area contributed by atoms with Crippen molar-refractivity contribution in [2.75, 3.05) is 0 Å². The average Bonchev–Trinajstić information content (AvgIpc) is 3.98. The lowest BCUT2D eigenvalue weighted by molar-refractivity contribution is 1.18. The van der Waals surface area contributed by atoms with E-state index in [1.165, 1.54) is 66.7 Å². The van der Waals surface area contributed by atoms with Gasteiger partial charge in [0.15, 0.2) is 0 Å². The smallest absolute Gasteiger partial charge is 0.115 e. The molecule has 0 N–H and O–H groups in total. The van der Waals surface area contributed by atoms with Gasteiger partial charge in [-0.2, -0.15) is 17.5 Å². The number of aromatic nitrogens is 4. The van der Waals surface area contributed by atoms with Gasteiger partial charge in [0, 0.05) is 44.0 Å². The highest BCUT2D eigenvalue weighted by Crippen LogP contribution is 2.52. The van der Waals surface area contributed by atoms with Crippen LogP contribution in [0.4, 0.5) is 11.4 Å². The maximum atomic E-state index is 4.85. The number of para-hydroxylation sites is 4. The minimum absolute atomic E-state index is 0.848. The van der Waals surface area contributed by atoms with E-state index in [-0.39, 0.29) is 0 Å². The van der Waals surface area contributed by atoms with Crippen molar-refractivity contribution in [1.29, 1.82) is 0 Å². The minimum Gasteiger partial charge on any atom is -0.309 e. The zero-order valence-electron chi connectivity index (χ0n) is 26.4. The molecule has 0 aliphatic carbocycles. The van der Waals surface area contributed by atoms with Crippen molar-refractivity contribution < 1.29 is 0 Å². The summed E-state index contributed by atoms with van der Waals surface area (Å²) in [5, 5.41) is 4.99. The van der Waals surface area contributed by atoms with Gasteiger partial charge in [-0.25, -0.2) is 0 Å². The molecule has 0 fully saturated rings. The predicted molar refractivity (Wildman–Crippen MR) is 209 cm³/mol. The summed E-state index contributed by atoms with van der Waals surface area (Å²) in [4.78, 5) is 0. The fraction of sp³-hybridized carbons (Fsp3) is 0. The monoisotopic (exact) mass is 676 g/mol. The summed E-state index contributed by atoms with van der Waals surface area (Å²) < 4.78 is 24.1. The number of hydrogen-bond donors (Lipinski definition) is 0. The molecule has 0 bridgehead atoms. The Hall–Kier alpha value is -6.22. The van der Waals surface area contributed by atoms with E-state index in [9.17, 15) is 0 Å². The van der Waals surface area contributed by atoms with E-state index < -0.39 is 0 Å². The first-order valence-corrected chi connectivity index (χ1v) is 17.9. The summed E-state index contributed by atoms with van der Waals surface area (Å²) in [6.07, 6.45) is 0. The number of nitrogens with zero attached hydrogens (tertiary/aromatic N) is 6. The Bertz CT molecular complexity index is 2760. The quantitative estimate of drug-likeness (QED) is 0.186. The lowest BCUT2D eigenvalue weighted by Crippen LogP contribution is -1.95. The van der Waals surface area contributed by atoms with Gasteiger partial charge in [0.25, 0.3) is 0 Å². The molecule has 8 heteroatoms. The molecule has 0 saturated heterocycles. The van der Waals surface area contributed by atoms with E-state index in [4.69, 9.17) is 17.5 Å². The molecule has 1 aliphatic heterocycles. The molecule has 0 atom stereocenters. The van der Waals surface area contributed by atoms with Crippen LogP contribution in [0.5, 0.6) is 0 Å². The van der Waals surface area contributed by atoms with Gasteiger partial charge in [0.05, 0.1) is 45.1 Å². The van der Waals surface area contributed by atoms with E-state index in [1.807, 2.05) is 0 Å². The van der Waals surface area contributed by atoms with Crippen molar-refractivity contribution in [3.05, 3.63) is 146 Å². The fourth-order valence-corrected chi connectivity index (χ4v) is 8.88. The van der Waals surface area contributed by atoms with Crippen molar-refractivity contribution in [1.82, 2.24) is 17.9 Å². The van der Waals surface area contributed by atoms with Crippen LogP contribution < -0.4 is 0 Å². The van der Waals surface area contributed by atoms with Crippen LogP contribution in [-0.2, 0) is 11.4 Å². The largest absolute Gasteiger partial charge is 0.309 e. The van der Waals surface area contributed by atoms with E-state index in [2.05, 4.69) is 155 Å². The Morgan fingerprint density at radius 3 is 1.08 bits per heavy atom. The van der Waals surface area contributed by atoms with Crippen LogP contribution >= 0.6 is 11.7 Å². The molecule has 10 aromatic rings. The summed E-state index contributed by atoms with van der Waals surface area (Å²) in [6, 6.07) is 51.8. The third-order valence-corrected chi connectivity index (χ3v) is 11.0. The third kappa shape index (κ3) is 3.88. The van der Waals surface area contributed by atoms with Crippen molar-refractivity contribution in [2.24, 2.45) is 8.73 Å². The standard InChI is InChI=1S/C42H24N6S2/c1-5-13-33-29(9-1)30-10-2-6-14-34(30)47(33)27-21-17-25(18-22-27)37-39-41(45-49-43-39)38(42-40(37)44-50-46-42)26-19-23-28(24-20-26)48-35-15-7-3-11-31(35)32-12-4-8-16-36(32)48/h1-24H. The summed E-state index contributed by atoms with van der Waals surface area (Å²) >= 11 is 2.46. The first-order chi connectivity index (χ1) is 24.8. The molecular weight excluding hydrogens is 653 g/mol. The van der Waals surface area contributed by atoms with Gasteiger partial charge in [-0.15, -0.1) is 0 Å². The first-order valence-electron chi connectivity index (χ1n) is 16.4. The molecule has 3 aromatic heterocycles. The molecule has 0 amide bonds. The molecule has 0 saturated carbocycles. The van der Waals surface area contributed by atoms with E-state index in [0.29, 0.717) is 0 Å². The SMILES string of the molecule is c1ccc2c(c1)c1ccccc1n2-c1ccc(-c2c3c(c(-c4ccc(-n5c6ccccc6c6ccccc65)cc4)c4nsnc24)N=S=N3)cc1. The zero-order chi connectivity index (χ0) is 32.8. The number of fused-ring (bicyclic) bond motifs is 8. The molecule has 0 spiro atoms. The van der Waals surface area contributed by atoms with Crippen LogP contribution in [0.25, 0.3) is 88.3 Å². The normalized spacial score (nSPS) is 12.5. The first kappa shape index (κ1) is 27.7. The lowest BCUT2D eigenvalue weighted by Gasteiger charge is -2.14. The van der Waals surface area contributed by atoms with Crippen LogP contribution in [0.3, 0.4) is 0 Å². The van der Waals surface area contributed by atoms with Crippen LogP contribution in [0.2, 0.25) is 0 Å². The fourth-order valence-electron chi connectivity index (χ4n) is 7.76. The van der Waals surface area contributed by atoms with Gasteiger partial charge >= 0.3 is 0 Å². The molecule has 6 nitrogen and oxygen atoms in total. The van der Waals surface area contributed by atoms with E-state index in [1.54, 1.807) is 0 Å². The maximum absolute atomic E-state index is 4.85. The van der Waals surface area contributed by atoms with Gasteiger partial charge in [0.1, 0.15) is 22.4 Å². The van der Waals surface area contributed by atoms with E-state index in [0.717, 1.165) is 56.0 Å². The van der Waals surface area contributed by atoms with Gasteiger partial charge in [-0.05, 0) is 59.7 Å². The second kappa shape index (κ2) is 10.6. The van der Waals surface area contributed by atoms with Crippen molar-refractivity contribution in [3.63, 3.8) is 0 Å². The highest BCUT2D eigenvalue weighted by atomic mass is 32.1. The van der Waals surface area contributed by atoms with Crippen LogP contribution in [-0.4, -0.2) is 17.9 Å². The second-order valence-corrected chi connectivity index (χ2v) is 13.6. The molecule has 234 valence electrons. The predicted octanol–water partition coefficient (Wildman–Crippen LogP) is 11.9. The molecular formula is C42H24N6S2. The molecule has 11 rings (SSSR count). The second-order valence-electron chi connectivity index (χ2n) is 12.5.